The Labute approximate surface area is 125 Å². The highest BCUT2D eigenvalue weighted by molar-refractivity contribution is 5.27. The molecule has 0 spiro atoms. The lowest BCUT2D eigenvalue weighted by atomic mass is 9.81. The molecule has 0 radical (unpaired) electrons. The number of rotatable bonds is 5. The van der Waals surface area contributed by atoms with Crippen LogP contribution in [-0.2, 0) is 6.42 Å². The first kappa shape index (κ1) is 15.6. The van der Waals surface area contributed by atoms with Crippen molar-refractivity contribution in [1.29, 1.82) is 0 Å². The van der Waals surface area contributed by atoms with Crippen molar-refractivity contribution in [2.75, 3.05) is 6.54 Å². The lowest BCUT2D eigenvalue weighted by Crippen LogP contribution is -2.31. The van der Waals surface area contributed by atoms with E-state index in [-0.39, 0.29) is 0 Å². The first-order valence-corrected chi connectivity index (χ1v) is 8.53. The van der Waals surface area contributed by atoms with Gasteiger partial charge in [0.25, 0.3) is 0 Å². The maximum absolute atomic E-state index is 3.67. The van der Waals surface area contributed by atoms with E-state index >= 15 is 0 Å². The van der Waals surface area contributed by atoms with Gasteiger partial charge >= 0.3 is 0 Å². The summed E-state index contributed by atoms with van der Waals surface area (Å²) in [5.41, 5.74) is 3.07. The van der Waals surface area contributed by atoms with Crippen LogP contribution >= 0.6 is 0 Å². The molecule has 1 nitrogen and oxygen atoms in total. The Balaban J connectivity index is 2.14. The number of hydrogen-bond donors (Lipinski definition) is 1. The molecule has 1 aromatic carbocycles. The van der Waals surface area contributed by atoms with Crippen LogP contribution in [0.25, 0.3) is 0 Å². The first-order chi connectivity index (χ1) is 9.70. The zero-order valence-corrected chi connectivity index (χ0v) is 13.5. The molecule has 0 heterocycles. The minimum Gasteiger partial charge on any atom is -0.314 e. The SMILES string of the molecule is CCc1cccc(C2CCCCCC2CNC(C)C)c1. The van der Waals surface area contributed by atoms with E-state index in [2.05, 4.69) is 50.4 Å². The van der Waals surface area contributed by atoms with Crippen LogP contribution < -0.4 is 5.32 Å². The topological polar surface area (TPSA) is 12.0 Å². The second kappa shape index (κ2) is 7.83. The van der Waals surface area contributed by atoms with Gasteiger partial charge in [0.2, 0.25) is 0 Å². The second-order valence-corrected chi connectivity index (χ2v) is 6.67. The van der Waals surface area contributed by atoms with Gasteiger partial charge in [0.05, 0.1) is 0 Å². The van der Waals surface area contributed by atoms with Gasteiger partial charge in [0.1, 0.15) is 0 Å². The predicted octanol–water partition coefficient (Wildman–Crippen LogP) is 4.91. The fraction of sp³-hybridized carbons (Fsp3) is 0.684. The molecule has 20 heavy (non-hydrogen) atoms. The molecule has 0 aliphatic heterocycles. The third-order valence-corrected chi connectivity index (χ3v) is 4.73. The van der Waals surface area contributed by atoms with Crippen molar-refractivity contribution in [3.63, 3.8) is 0 Å². The molecule has 0 bridgehead atoms. The highest BCUT2D eigenvalue weighted by Crippen LogP contribution is 2.36. The largest absolute Gasteiger partial charge is 0.314 e. The predicted molar refractivity (Wildman–Crippen MR) is 88.3 cm³/mol. The van der Waals surface area contributed by atoms with Crippen LogP contribution in [-0.4, -0.2) is 12.6 Å². The summed E-state index contributed by atoms with van der Waals surface area (Å²) in [7, 11) is 0. The van der Waals surface area contributed by atoms with Gasteiger partial charge < -0.3 is 5.32 Å². The molecule has 0 saturated heterocycles. The van der Waals surface area contributed by atoms with Crippen molar-refractivity contribution in [2.24, 2.45) is 5.92 Å². The van der Waals surface area contributed by atoms with Gasteiger partial charge in [0, 0.05) is 6.04 Å². The maximum Gasteiger partial charge on any atom is 0.00104 e. The lowest BCUT2D eigenvalue weighted by molar-refractivity contribution is 0.363. The fourth-order valence-electron chi connectivity index (χ4n) is 3.50. The van der Waals surface area contributed by atoms with Gasteiger partial charge in [-0.25, -0.2) is 0 Å². The Bertz CT molecular complexity index is 397. The van der Waals surface area contributed by atoms with Crippen molar-refractivity contribution in [2.45, 2.75) is 71.3 Å². The zero-order valence-electron chi connectivity index (χ0n) is 13.5. The van der Waals surface area contributed by atoms with Gasteiger partial charge in [-0.15, -0.1) is 0 Å². The van der Waals surface area contributed by atoms with E-state index in [9.17, 15) is 0 Å². The Morgan fingerprint density at radius 2 is 1.95 bits per heavy atom. The quantitative estimate of drug-likeness (QED) is 0.752. The molecule has 1 saturated carbocycles. The molecular weight excluding hydrogens is 242 g/mol. The van der Waals surface area contributed by atoms with Gasteiger partial charge in [-0.3, -0.25) is 0 Å². The van der Waals surface area contributed by atoms with E-state index in [0.29, 0.717) is 6.04 Å². The molecule has 1 N–H and O–H groups in total. The van der Waals surface area contributed by atoms with Crippen molar-refractivity contribution in [1.82, 2.24) is 5.32 Å². The summed E-state index contributed by atoms with van der Waals surface area (Å²) in [4.78, 5) is 0. The van der Waals surface area contributed by atoms with Gasteiger partial charge in [-0.1, -0.05) is 64.3 Å². The van der Waals surface area contributed by atoms with E-state index in [1.807, 2.05) is 0 Å². The smallest absolute Gasteiger partial charge is 0.00104 e. The summed E-state index contributed by atoms with van der Waals surface area (Å²) in [6, 6.07) is 9.93. The molecule has 1 aliphatic carbocycles. The molecule has 1 heteroatoms. The van der Waals surface area contributed by atoms with Gasteiger partial charge in [-0.05, 0) is 48.8 Å². The molecule has 2 unspecified atom stereocenters. The molecular formula is C19H31N. The summed E-state index contributed by atoms with van der Waals surface area (Å²) in [5.74, 6) is 1.57. The molecule has 2 atom stereocenters. The fourth-order valence-corrected chi connectivity index (χ4v) is 3.50. The highest BCUT2D eigenvalue weighted by atomic mass is 14.9. The van der Waals surface area contributed by atoms with Crippen molar-refractivity contribution in [3.8, 4) is 0 Å². The molecule has 1 fully saturated rings. The summed E-state index contributed by atoms with van der Waals surface area (Å²) >= 11 is 0. The van der Waals surface area contributed by atoms with Crippen molar-refractivity contribution in [3.05, 3.63) is 35.4 Å². The van der Waals surface area contributed by atoms with E-state index in [4.69, 9.17) is 0 Å². The van der Waals surface area contributed by atoms with Crippen molar-refractivity contribution >= 4 is 0 Å². The van der Waals surface area contributed by atoms with Crippen LogP contribution in [0.1, 0.15) is 69.9 Å². The van der Waals surface area contributed by atoms with Crippen molar-refractivity contribution < 1.29 is 0 Å². The second-order valence-electron chi connectivity index (χ2n) is 6.67. The Kier molecular flexibility index (Phi) is 6.09. The van der Waals surface area contributed by atoms with Gasteiger partial charge in [0.15, 0.2) is 0 Å². The third-order valence-electron chi connectivity index (χ3n) is 4.73. The van der Waals surface area contributed by atoms with E-state index in [1.54, 1.807) is 5.56 Å². The average molecular weight is 273 g/mol. The number of benzene rings is 1. The first-order valence-electron chi connectivity index (χ1n) is 8.53. The number of hydrogen-bond acceptors (Lipinski definition) is 1. The van der Waals surface area contributed by atoms with Crippen LogP contribution in [0.3, 0.4) is 0 Å². The van der Waals surface area contributed by atoms with Crippen LogP contribution in [0.2, 0.25) is 0 Å². The Morgan fingerprint density at radius 1 is 1.15 bits per heavy atom. The highest BCUT2D eigenvalue weighted by Gasteiger charge is 2.25. The molecule has 1 aliphatic rings. The summed E-state index contributed by atoms with van der Waals surface area (Å²) in [6.45, 7) is 7.94. The van der Waals surface area contributed by atoms with Crippen LogP contribution in [0.5, 0.6) is 0 Å². The summed E-state index contributed by atoms with van der Waals surface area (Å²) in [5, 5.41) is 3.67. The van der Waals surface area contributed by atoms with E-state index in [0.717, 1.165) is 18.3 Å². The number of nitrogens with one attached hydrogen (secondary N) is 1. The normalized spacial score (nSPS) is 23.8. The van der Waals surface area contributed by atoms with Crippen LogP contribution in [0.4, 0.5) is 0 Å². The Hall–Kier alpha value is -0.820. The standard InChI is InChI=1S/C19H31N/c1-4-16-9-8-11-17(13-16)19-12-7-5-6-10-18(19)14-20-15(2)3/h8-9,11,13,15,18-20H,4-7,10,12,14H2,1-3H3. The third kappa shape index (κ3) is 4.34. The molecule has 112 valence electrons. The Morgan fingerprint density at radius 3 is 2.70 bits per heavy atom. The summed E-state index contributed by atoms with van der Waals surface area (Å²) < 4.78 is 0. The van der Waals surface area contributed by atoms with E-state index < -0.39 is 0 Å². The summed E-state index contributed by atoms with van der Waals surface area (Å²) in [6.07, 6.45) is 8.14. The molecule has 1 aromatic rings. The van der Waals surface area contributed by atoms with Gasteiger partial charge in [-0.2, -0.15) is 0 Å². The lowest BCUT2D eigenvalue weighted by Gasteiger charge is -2.27. The molecule has 2 rings (SSSR count). The number of aryl methyl sites for hydroxylation is 1. The minimum atomic E-state index is 0.598. The average Bonchev–Trinajstić information content (AvgIpc) is 2.70. The van der Waals surface area contributed by atoms with E-state index in [1.165, 1.54) is 44.2 Å². The van der Waals surface area contributed by atoms with Crippen LogP contribution in [0, 0.1) is 5.92 Å². The van der Waals surface area contributed by atoms with Crippen LogP contribution in [0.15, 0.2) is 24.3 Å². The molecule has 0 aromatic heterocycles. The molecule has 0 amide bonds. The monoisotopic (exact) mass is 273 g/mol. The zero-order chi connectivity index (χ0) is 14.4. The maximum atomic E-state index is 3.67. The minimum absolute atomic E-state index is 0.598.